The maximum Gasteiger partial charge on any atom is 0.105 e. The van der Waals surface area contributed by atoms with E-state index in [4.69, 9.17) is 0 Å². The number of halogens is 1. The molecule has 3 rings (SSSR count). The number of benzene rings is 2. The summed E-state index contributed by atoms with van der Waals surface area (Å²) in [6.07, 6.45) is -0.567. The molecule has 0 spiro atoms. The number of aryl methyl sites for hydroxylation is 1. The second-order valence-electron chi connectivity index (χ2n) is 4.62. The first-order valence-corrected chi connectivity index (χ1v) is 7.74. The minimum absolute atomic E-state index is 0.567. The molecule has 96 valence electrons. The van der Waals surface area contributed by atoms with Gasteiger partial charge in [-0.15, -0.1) is 11.3 Å². The van der Waals surface area contributed by atoms with Crippen LogP contribution in [0.25, 0.3) is 10.1 Å². The Kier molecular flexibility index (Phi) is 3.44. The van der Waals surface area contributed by atoms with Crippen LogP contribution in [0.15, 0.2) is 52.3 Å². The van der Waals surface area contributed by atoms with Crippen molar-refractivity contribution in [2.75, 3.05) is 0 Å². The van der Waals surface area contributed by atoms with Crippen molar-refractivity contribution >= 4 is 37.4 Å². The van der Waals surface area contributed by atoms with Gasteiger partial charge in [0.15, 0.2) is 0 Å². The summed E-state index contributed by atoms with van der Waals surface area (Å²) in [7, 11) is 0. The van der Waals surface area contributed by atoms with Crippen molar-refractivity contribution in [1.29, 1.82) is 0 Å². The third-order valence-corrected chi connectivity index (χ3v) is 5.20. The zero-order valence-corrected chi connectivity index (χ0v) is 12.8. The van der Waals surface area contributed by atoms with Crippen molar-refractivity contribution < 1.29 is 5.11 Å². The Hall–Kier alpha value is -1.16. The first kappa shape index (κ1) is 12.9. The second-order valence-corrected chi connectivity index (χ2v) is 6.36. The Morgan fingerprint density at radius 1 is 1.16 bits per heavy atom. The lowest BCUT2D eigenvalue weighted by atomic mass is 10.00. The smallest absolute Gasteiger partial charge is 0.105 e. The van der Waals surface area contributed by atoms with Gasteiger partial charge in [-0.2, -0.15) is 0 Å². The van der Waals surface area contributed by atoms with Gasteiger partial charge in [-0.25, -0.2) is 0 Å². The molecule has 0 aliphatic heterocycles. The molecule has 0 bridgehead atoms. The number of fused-ring (bicyclic) bond motifs is 1. The number of aliphatic hydroxyl groups is 1. The Morgan fingerprint density at radius 3 is 2.74 bits per heavy atom. The average Bonchev–Trinajstić information content (AvgIpc) is 2.83. The van der Waals surface area contributed by atoms with Gasteiger partial charge in [-0.3, -0.25) is 0 Å². The summed E-state index contributed by atoms with van der Waals surface area (Å²) in [6.45, 7) is 2.04. The van der Waals surface area contributed by atoms with E-state index in [-0.39, 0.29) is 0 Å². The van der Waals surface area contributed by atoms with Crippen molar-refractivity contribution in [2.45, 2.75) is 13.0 Å². The van der Waals surface area contributed by atoms with Crippen LogP contribution in [0.5, 0.6) is 0 Å². The predicted octanol–water partition coefficient (Wildman–Crippen LogP) is 5.05. The molecule has 2 aromatic carbocycles. The number of hydrogen-bond donors (Lipinski definition) is 1. The quantitative estimate of drug-likeness (QED) is 0.695. The molecular formula is C16H13BrOS. The fourth-order valence-corrected chi connectivity index (χ4v) is 3.91. The maximum absolute atomic E-state index is 10.6. The Balaban J connectivity index is 2.12. The number of hydrogen-bond acceptors (Lipinski definition) is 2. The SMILES string of the molecule is Cc1cccc(C(O)c2csc3c(Br)cccc23)c1. The zero-order chi connectivity index (χ0) is 13.4. The predicted molar refractivity (Wildman–Crippen MR) is 84.8 cm³/mol. The third kappa shape index (κ3) is 2.34. The number of aliphatic hydroxyl groups excluding tert-OH is 1. The molecule has 3 aromatic rings. The second kappa shape index (κ2) is 5.08. The monoisotopic (exact) mass is 332 g/mol. The van der Waals surface area contributed by atoms with E-state index in [0.29, 0.717) is 0 Å². The van der Waals surface area contributed by atoms with E-state index in [2.05, 4.69) is 22.0 Å². The van der Waals surface area contributed by atoms with Gasteiger partial charge in [-0.1, -0.05) is 42.0 Å². The van der Waals surface area contributed by atoms with Crippen LogP contribution >= 0.6 is 27.3 Å². The minimum atomic E-state index is -0.567. The highest BCUT2D eigenvalue weighted by Gasteiger charge is 2.16. The molecule has 3 heteroatoms. The van der Waals surface area contributed by atoms with Gasteiger partial charge in [-0.05, 0) is 45.2 Å². The van der Waals surface area contributed by atoms with Crippen LogP contribution in [0.3, 0.4) is 0 Å². The molecular weight excluding hydrogens is 320 g/mol. The van der Waals surface area contributed by atoms with Gasteiger partial charge in [0.05, 0.1) is 0 Å². The maximum atomic E-state index is 10.6. The molecule has 1 heterocycles. The summed E-state index contributed by atoms with van der Waals surface area (Å²) in [6, 6.07) is 14.1. The molecule has 0 saturated heterocycles. The van der Waals surface area contributed by atoms with E-state index >= 15 is 0 Å². The standard InChI is InChI=1S/C16H13BrOS/c1-10-4-2-5-11(8-10)15(18)13-9-19-16-12(13)6-3-7-14(16)17/h2-9,15,18H,1H3. The lowest BCUT2D eigenvalue weighted by Gasteiger charge is -2.11. The number of rotatable bonds is 2. The van der Waals surface area contributed by atoms with E-state index in [1.54, 1.807) is 11.3 Å². The van der Waals surface area contributed by atoms with Crippen molar-refractivity contribution in [3.05, 3.63) is 69.0 Å². The fraction of sp³-hybridized carbons (Fsp3) is 0.125. The first-order valence-electron chi connectivity index (χ1n) is 6.07. The van der Waals surface area contributed by atoms with Crippen LogP contribution in [-0.2, 0) is 0 Å². The molecule has 1 aromatic heterocycles. The molecule has 1 N–H and O–H groups in total. The molecule has 0 fully saturated rings. The lowest BCUT2D eigenvalue weighted by Crippen LogP contribution is -1.98. The molecule has 1 unspecified atom stereocenters. The lowest BCUT2D eigenvalue weighted by molar-refractivity contribution is 0.222. The van der Waals surface area contributed by atoms with Crippen molar-refractivity contribution in [3.8, 4) is 0 Å². The van der Waals surface area contributed by atoms with Crippen molar-refractivity contribution in [2.24, 2.45) is 0 Å². The van der Waals surface area contributed by atoms with Gasteiger partial charge in [0.1, 0.15) is 6.10 Å². The fourth-order valence-electron chi connectivity index (χ4n) is 2.27. The Labute approximate surface area is 124 Å². The number of thiophene rings is 1. The van der Waals surface area contributed by atoms with Gasteiger partial charge in [0, 0.05) is 14.7 Å². The summed E-state index contributed by atoms with van der Waals surface area (Å²) < 4.78 is 2.27. The van der Waals surface area contributed by atoms with Crippen molar-refractivity contribution in [3.63, 3.8) is 0 Å². The van der Waals surface area contributed by atoms with E-state index in [1.165, 1.54) is 4.70 Å². The molecule has 1 nitrogen and oxygen atoms in total. The molecule has 0 saturated carbocycles. The summed E-state index contributed by atoms with van der Waals surface area (Å²) in [4.78, 5) is 0. The van der Waals surface area contributed by atoms with Gasteiger partial charge in [0.2, 0.25) is 0 Å². The highest BCUT2D eigenvalue weighted by molar-refractivity contribution is 9.10. The molecule has 0 amide bonds. The summed E-state index contributed by atoms with van der Waals surface area (Å²) in [5.74, 6) is 0. The zero-order valence-electron chi connectivity index (χ0n) is 10.4. The topological polar surface area (TPSA) is 20.2 Å². The van der Waals surface area contributed by atoms with Crippen LogP contribution in [0, 0.1) is 6.92 Å². The summed E-state index contributed by atoms with van der Waals surface area (Å²) >= 11 is 5.22. The van der Waals surface area contributed by atoms with Crippen LogP contribution in [0.2, 0.25) is 0 Å². The van der Waals surface area contributed by atoms with Crippen LogP contribution in [0.4, 0.5) is 0 Å². The van der Waals surface area contributed by atoms with E-state index in [9.17, 15) is 5.11 Å². The molecule has 1 atom stereocenters. The third-order valence-electron chi connectivity index (χ3n) is 3.23. The minimum Gasteiger partial charge on any atom is -0.384 e. The van der Waals surface area contributed by atoms with Crippen molar-refractivity contribution in [1.82, 2.24) is 0 Å². The van der Waals surface area contributed by atoms with E-state index < -0.39 is 6.10 Å². The van der Waals surface area contributed by atoms with Gasteiger partial charge in [0.25, 0.3) is 0 Å². The van der Waals surface area contributed by atoms with Crippen LogP contribution < -0.4 is 0 Å². The summed E-state index contributed by atoms with van der Waals surface area (Å²) in [5, 5.41) is 13.7. The normalized spacial score (nSPS) is 12.8. The molecule has 19 heavy (non-hydrogen) atoms. The van der Waals surface area contributed by atoms with E-state index in [1.807, 2.05) is 48.7 Å². The molecule has 0 aliphatic rings. The molecule has 0 aliphatic carbocycles. The highest BCUT2D eigenvalue weighted by atomic mass is 79.9. The van der Waals surface area contributed by atoms with Crippen LogP contribution in [-0.4, -0.2) is 5.11 Å². The van der Waals surface area contributed by atoms with E-state index in [0.717, 1.165) is 26.5 Å². The Bertz CT molecular complexity index is 732. The molecule has 0 radical (unpaired) electrons. The van der Waals surface area contributed by atoms with Gasteiger partial charge >= 0.3 is 0 Å². The Morgan fingerprint density at radius 2 is 1.95 bits per heavy atom. The largest absolute Gasteiger partial charge is 0.384 e. The summed E-state index contributed by atoms with van der Waals surface area (Å²) in [5.41, 5.74) is 3.09. The van der Waals surface area contributed by atoms with Crippen LogP contribution in [0.1, 0.15) is 22.8 Å². The highest BCUT2D eigenvalue weighted by Crippen LogP contribution is 2.37. The average molecular weight is 333 g/mol. The van der Waals surface area contributed by atoms with Gasteiger partial charge < -0.3 is 5.11 Å². The first-order chi connectivity index (χ1) is 9.16.